The van der Waals surface area contributed by atoms with Gasteiger partial charge in [0, 0.05) is 31.7 Å². The topological polar surface area (TPSA) is 105 Å². The Hall–Kier alpha value is -2.82. The van der Waals surface area contributed by atoms with Gasteiger partial charge in [0.05, 0.1) is 22.7 Å². The lowest BCUT2D eigenvalue weighted by atomic mass is 10.2. The number of hydrogen-bond donors (Lipinski definition) is 2. The summed E-state index contributed by atoms with van der Waals surface area (Å²) in [7, 11) is -3.77. The molecule has 0 spiro atoms. The molecule has 0 saturated carbocycles. The molecule has 1 fully saturated rings. The number of amides is 2. The maximum atomic E-state index is 13.6. The van der Waals surface area contributed by atoms with E-state index in [2.05, 4.69) is 10.6 Å². The van der Waals surface area contributed by atoms with Gasteiger partial charge in [0.2, 0.25) is 10.0 Å². The second-order valence-corrected chi connectivity index (χ2v) is 9.54. The first-order chi connectivity index (χ1) is 15.2. The fraction of sp³-hybridized carbons (Fsp3) is 0.364. The number of carbonyl (C=O) groups is 2. The van der Waals surface area contributed by atoms with Gasteiger partial charge in [-0.15, -0.1) is 0 Å². The Labute approximate surface area is 186 Å². The summed E-state index contributed by atoms with van der Waals surface area (Å²) < 4.78 is 46.6. The summed E-state index contributed by atoms with van der Waals surface area (Å²) in [5, 5.41) is 5.14. The van der Waals surface area contributed by atoms with Crippen molar-refractivity contribution in [2.75, 3.05) is 26.2 Å². The fourth-order valence-electron chi connectivity index (χ4n) is 3.47. The van der Waals surface area contributed by atoms with Crippen molar-refractivity contribution in [3.63, 3.8) is 0 Å². The molecule has 10 heteroatoms. The number of nitrogens with one attached hydrogen (secondary N) is 2. The van der Waals surface area contributed by atoms with Crippen LogP contribution < -0.4 is 10.6 Å². The van der Waals surface area contributed by atoms with Gasteiger partial charge in [0.1, 0.15) is 5.82 Å². The highest BCUT2D eigenvalue weighted by Crippen LogP contribution is 2.22. The van der Waals surface area contributed by atoms with E-state index in [0.717, 1.165) is 0 Å². The van der Waals surface area contributed by atoms with Gasteiger partial charge in [-0.2, -0.15) is 4.31 Å². The number of nitrogens with zero attached hydrogens (tertiary/aromatic N) is 1. The molecule has 1 heterocycles. The average molecular weight is 464 g/mol. The molecular weight excluding hydrogens is 437 g/mol. The molecule has 8 nitrogen and oxygen atoms in total. The van der Waals surface area contributed by atoms with Crippen molar-refractivity contribution in [2.24, 2.45) is 0 Å². The summed E-state index contributed by atoms with van der Waals surface area (Å²) >= 11 is 0. The summed E-state index contributed by atoms with van der Waals surface area (Å²) in [6.45, 7) is 4.28. The molecule has 0 bridgehead atoms. The molecule has 2 amide bonds. The van der Waals surface area contributed by atoms with Crippen molar-refractivity contribution < 1.29 is 27.1 Å². The Bertz CT molecular complexity index is 1080. The lowest BCUT2D eigenvalue weighted by Gasteiger charge is -2.34. The molecule has 2 N–H and O–H groups in total. The van der Waals surface area contributed by atoms with Crippen molar-refractivity contribution in [2.45, 2.75) is 31.0 Å². The van der Waals surface area contributed by atoms with Gasteiger partial charge in [-0.25, -0.2) is 12.8 Å². The third kappa shape index (κ3) is 5.70. The highest BCUT2D eigenvalue weighted by molar-refractivity contribution is 7.89. The quantitative estimate of drug-likeness (QED) is 0.609. The van der Waals surface area contributed by atoms with E-state index in [4.69, 9.17) is 4.74 Å². The van der Waals surface area contributed by atoms with Crippen LogP contribution in [-0.4, -0.2) is 62.9 Å². The van der Waals surface area contributed by atoms with E-state index in [0.29, 0.717) is 0 Å². The van der Waals surface area contributed by atoms with E-state index >= 15 is 0 Å². The molecule has 0 aliphatic carbocycles. The standard InChI is InChI=1S/C22H26FN3O5S/c1-15-13-26(14-16(2)31-15)32(29,30)18-7-5-6-17(12-18)21(27)24-10-11-25-22(28)19-8-3-4-9-20(19)23/h3-9,12,15-16H,10-11,13-14H2,1-2H3,(H,24,27)(H,25,28). The maximum Gasteiger partial charge on any atom is 0.254 e. The van der Waals surface area contributed by atoms with Crippen molar-refractivity contribution in [3.8, 4) is 0 Å². The number of carbonyl (C=O) groups excluding carboxylic acids is 2. The summed E-state index contributed by atoms with van der Waals surface area (Å²) in [4.78, 5) is 24.5. The summed E-state index contributed by atoms with van der Waals surface area (Å²) in [5.41, 5.74) is 0.101. The molecule has 3 rings (SSSR count). The number of sulfonamides is 1. The van der Waals surface area contributed by atoms with Crippen molar-refractivity contribution in [1.82, 2.24) is 14.9 Å². The fourth-order valence-corrected chi connectivity index (χ4v) is 5.11. The van der Waals surface area contributed by atoms with Gasteiger partial charge in [0.15, 0.2) is 0 Å². The van der Waals surface area contributed by atoms with Crippen molar-refractivity contribution in [3.05, 3.63) is 65.5 Å². The molecule has 2 unspecified atom stereocenters. The monoisotopic (exact) mass is 463 g/mol. The Balaban J connectivity index is 1.58. The zero-order chi connectivity index (χ0) is 23.3. The smallest absolute Gasteiger partial charge is 0.254 e. The minimum absolute atomic E-state index is 0.0271. The van der Waals surface area contributed by atoms with Gasteiger partial charge in [-0.1, -0.05) is 18.2 Å². The second-order valence-electron chi connectivity index (χ2n) is 7.60. The number of rotatable bonds is 7. The number of benzene rings is 2. The number of ether oxygens (including phenoxy) is 1. The molecule has 2 aromatic rings. The van der Waals surface area contributed by atoms with E-state index in [-0.39, 0.29) is 54.4 Å². The zero-order valence-corrected chi connectivity index (χ0v) is 18.7. The van der Waals surface area contributed by atoms with Crippen LogP contribution in [0.2, 0.25) is 0 Å². The molecule has 1 aliphatic rings. The van der Waals surface area contributed by atoms with Gasteiger partial charge < -0.3 is 15.4 Å². The summed E-state index contributed by atoms with van der Waals surface area (Å²) in [6, 6.07) is 11.4. The summed E-state index contributed by atoms with van der Waals surface area (Å²) in [5.74, 6) is -1.69. The predicted molar refractivity (Wildman–Crippen MR) is 116 cm³/mol. The number of morpholine rings is 1. The minimum Gasteiger partial charge on any atom is -0.373 e. The van der Waals surface area contributed by atoms with Crippen molar-refractivity contribution >= 4 is 21.8 Å². The van der Waals surface area contributed by atoms with Crippen LogP contribution in [0.1, 0.15) is 34.6 Å². The van der Waals surface area contributed by atoms with Crippen molar-refractivity contribution in [1.29, 1.82) is 0 Å². The molecule has 172 valence electrons. The first kappa shape index (κ1) is 23.8. The second kappa shape index (κ2) is 10.2. The normalized spacial score (nSPS) is 19.3. The Morgan fingerprint density at radius 1 is 1.00 bits per heavy atom. The predicted octanol–water partition coefficient (Wildman–Crippen LogP) is 1.78. The van der Waals surface area contributed by atoms with Crippen LogP contribution in [0.25, 0.3) is 0 Å². The molecule has 2 aromatic carbocycles. The van der Waals surface area contributed by atoms with Crippen LogP contribution >= 0.6 is 0 Å². The number of hydrogen-bond acceptors (Lipinski definition) is 5. The highest BCUT2D eigenvalue weighted by atomic mass is 32.2. The van der Waals surface area contributed by atoms with Crippen LogP contribution in [-0.2, 0) is 14.8 Å². The average Bonchev–Trinajstić information content (AvgIpc) is 2.76. The summed E-state index contributed by atoms with van der Waals surface area (Å²) in [6.07, 6.45) is -0.445. The van der Waals surface area contributed by atoms with E-state index in [9.17, 15) is 22.4 Å². The van der Waals surface area contributed by atoms with Crippen LogP contribution in [0, 0.1) is 5.82 Å². The van der Waals surface area contributed by atoms with E-state index < -0.39 is 27.7 Å². The Kier molecular flexibility index (Phi) is 7.60. The maximum absolute atomic E-state index is 13.6. The minimum atomic E-state index is -3.77. The molecule has 32 heavy (non-hydrogen) atoms. The molecule has 1 saturated heterocycles. The lowest BCUT2D eigenvalue weighted by Crippen LogP contribution is -2.48. The van der Waals surface area contributed by atoms with E-state index in [1.807, 2.05) is 13.8 Å². The first-order valence-corrected chi connectivity index (χ1v) is 11.7. The van der Waals surface area contributed by atoms with E-state index in [1.54, 1.807) is 6.07 Å². The van der Waals surface area contributed by atoms with Gasteiger partial charge in [0.25, 0.3) is 11.8 Å². The van der Waals surface area contributed by atoms with Crippen LogP contribution in [0.15, 0.2) is 53.4 Å². The van der Waals surface area contributed by atoms with Crippen LogP contribution in [0.5, 0.6) is 0 Å². The molecule has 0 aromatic heterocycles. The lowest BCUT2D eigenvalue weighted by molar-refractivity contribution is -0.0440. The Morgan fingerprint density at radius 3 is 2.28 bits per heavy atom. The first-order valence-electron chi connectivity index (χ1n) is 10.2. The Morgan fingerprint density at radius 2 is 1.62 bits per heavy atom. The highest BCUT2D eigenvalue weighted by Gasteiger charge is 2.32. The number of halogens is 1. The third-order valence-electron chi connectivity index (χ3n) is 4.93. The zero-order valence-electron chi connectivity index (χ0n) is 17.9. The molecule has 2 atom stereocenters. The molecule has 0 radical (unpaired) electrons. The third-order valence-corrected chi connectivity index (χ3v) is 6.76. The SMILES string of the molecule is CC1CN(S(=O)(=O)c2cccc(C(=O)NCCNC(=O)c3ccccc3F)c2)CC(C)O1. The van der Waals surface area contributed by atoms with E-state index in [1.165, 1.54) is 46.8 Å². The van der Waals surface area contributed by atoms with Crippen LogP contribution in [0.4, 0.5) is 4.39 Å². The van der Waals surface area contributed by atoms with Gasteiger partial charge in [-0.3, -0.25) is 9.59 Å². The van der Waals surface area contributed by atoms with Crippen LogP contribution in [0.3, 0.4) is 0 Å². The largest absolute Gasteiger partial charge is 0.373 e. The van der Waals surface area contributed by atoms with Gasteiger partial charge in [-0.05, 0) is 44.2 Å². The molecule has 1 aliphatic heterocycles. The van der Waals surface area contributed by atoms with Gasteiger partial charge >= 0.3 is 0 Å². The molecular formula is C22H26FN3O5S.